The molecule has 4 nitrogen and oxygen atoms in total. The predicted octanol–water partition coefficient (Wildman–Crippen LogP) is 1.37. The molecule has 0 saturated heterocycles. The van der Waals surface area contributed by atoms with Crippen LogP contribution in [0.1, 0.15) is 5.69 Å². The number of pyridine rings is 1. The Balaban J connectivity index is 2.11. The molecule has 0 aromatic carbocycles. The average Bonchev–Trinajstić information content (AvgIpc) is 2.67. The molecule has 0 saturated carbocycles. The molecule has 72 valence electrons. The zero-order chi connectivity index (χ0) is 9.80. The van der Waals surface area contributed by atoms with Crippen molar-refractivity contribution < 1.29 is 0 Å². The summed E-state index contributed by atoms with van der Waals surface area (Å²) in [4.78, 5) is 8.40. The first kappa shape index (κ1) is 8.74. The summed E-state index contributed by atoms with van der Waals surface area (Å²) in [6.45, 7) is 0.759. The van der Waals surface area contributed by atoms with Crippen LogP contribution < -0.4 is 5.32 Å². The molecule has 0 amide bonds. The molecule has 0 atom stereocenters. The maximum Gasteiger partial charge on any atom is 0.143 e. The van der Waals surface area contributed by atoms with E-state index in [1.54, 1.807) is 12.5 Å². The first-order valence-electron chi connectivity index (χ1n) is 4.48. The van der Waals surface area contributed by atoms with Crippen molar-refractivity contribution in [1.29, 1.82) is 0 Å². The summed E-state index contributed by atoms with van der Waals surface area (Å²) in [5.74, 6) is 0.876. The number of nitrogens with one attached hydrogen (secondary N) is 1. The third-order valence-corrected chi connectivity index (χ3v) is 1.96. The Hall–Kier alpha value is -1.84. The first-order valence-corrected chi connectivity index (χ1v) is 4.48. The highest BCUT2D eigenvalue weighted by atomic mass is 15.1. The van der Waals surface area contributed by atoms with E-state index in [1.807, 2.05) is 36.0 Å². The molecule has 2 aromatic rings. The lowest BCUT2D eigenvalue weighted by Gasteiger charge is -1.99. The van der Waals surface area contributed by atoms with Crippen molar-refractivity contribution in [2.45, 2.75) is 6.54 Å². The fraction of sp³-hybridized carbons (Fsp3) is 0.200. The Morgan fingerprint density at radius 2 is 2.29 bits per heavy atom. The Bertz CT molecular complexity index is 394. The van der Waals surface area contributed by atoms with Crippen LogP contribution in [0.3, 0.4) is 0 Å². The summed E-state index contributed by atoms with van der Waals surface area (Å²) in [7, 11) is 1.85. The number of hydrogen-bond donors (Lipinski definition) is 1. The van der Waals surface area contributed by atoms with E-state index in [0.29, 0.717) is 0 Å². The van der Waals surface area contributed by atoms with Gasteiger partial charge in [0.15, 0.2) is 0 Å². The molecule has 0 fully saturated rings. The van der Waals surface area contributed by atoms with Crippen LogP contribution in [0.2, 0.25) is 0 Å². The fourth-order valence-corrected chi connectivity index (χ4v) is 1.25. The maximum atomic E-state index is 4.24. The van der Waals surface area contributed by atoms with Gasteiger partial charge in [0.05, 0.1) is 18.6 Å². The number of aromatic nitrogens is 3. The molecule has 2 heterocycles. The summed E-state index contributed by atoms with van der Waals surface area (Å²) in [6.07, 6.45) is 5.54. The predicted molar refractivity (Wildman–Crippen MR) is 55.1 cm³/mol. The molecular weight excluding hydrogens is 176 g/mol. The molecule has 4 heteroatoms. The van der Waals surface area contributed by atoms with E-state index in [0.717, 1.165) is 18.1 Å². The van der Waals surface area contributed by atoms with Crippen molar-refractivity contribution in [3.8, 4) is 0 Å². The average molecular weight is 188 g/mol. The van der Waals surface area contributed by atoms with Gasteiger partial charge in [-0.05, 0) is 12.1 Å². The molecule has 0 bridgehead atoms. The summed E-state index contributed by atoms with van der Waals surface area (Å²) in [5.41, 5.74) is 1.03. The second kappa shape index (κ2) is 3.91. The Morgan fingerprint density at radius 1 is 1.36 bits per heavy atom. The molecule has 0 aliphatic heterocycles. The summed E-state index contributed by atoms with van der Waals surface area (Å²) >= 11 is 0. The molecule has 0 aliphatic rings. The third kappa shape index (κ3) is 1.90. The largest absolute Gasteiger partial charge is 0.372 e. The molecule has 14 heavy (non-hydrogen) atoms. The number of imidazole rings is 1. The van der Waals surface area contributed by atoms with Crippen LogP contribution in [0.4, 0.5) is 5.82 Å². The van der Waals surface area contributed by atoms with E-state index in [4.69, 9.17) is 0 Å². The lowest BCUT2D eigenvalue weighted by molar-refractivity contribution is 0.773. The van der Waals surface area contributed by atoms with Crippen molar-refractivity contribution >= 4 is 5.82 Å². The molecule has 0 radical (unpaired) electrons. The maximum absolute atomic E-state index is 4.24. The molecule has 1 N–H and O–H groups in total. The monoisotopic (exact) mass is 188 g/mol. The van der Waals surface area contributed by atoms with Crippen LogP contribution in [-0.2, 0) is 6.54 Å². The van der Waals surface area contributed by atoms with Crippen LogP contribution in [-0.4, -0.2) is 21.6 Å². The smallest absolute Gasteiger partial charge is 0.143 e. The minimum absolute atomic E-state index is 0.759. The van der Waals surface area contributed by atoms with Crippen LogP contribution in [0.25, 0.3) is 0 Å². The van der Waals surface area contributed by atoms with E-state index in [1.165, 1.54) is 0 Å². The van der Waals surface area contributed by atoms with Gasteiger partial charge in [0.2, 0.25) is 0 Å². The number of anilines is 1. The van der Waals surface area contributed by atoms with Gasteiger partial charge in [-0.15, -0.1) is 0 Å². The Morgan fingerprint density at radius 3 is 2.93 bits per heavy atom. The minimum Gasteiger partial charge on any atom is -0.372 e. The molecule has 0 spiro atoms. The minimum atomic E-state index is 0.759. The summed E-state index contributed by atoms with van der Waals surface area (Å²) < 4.78 is 1.99. The van der Waals surface area contributed by atoms with Gasteiger partial charge in [-0.25, -0.2) is 4.98 Å². The van der Waals surface area contributed by atoms with Crippen LogP contribution in [0, 0.1) is 0 Å². The van der Waals surface area contributed by atoms with Gasteiger partial charge in [-0.1, -0.05) is 6.07 Å². The highest BCUT2D eigenvalue weighted by molar-refractivity contribution is 5.29. The van der Waals surface area contributed by atoms with Gasteiger partial charge >= 0.3 is 0 Å². The van der Waals surface area contributed by atoms with Crippen molar-refractivity contribution in [3.05, 3.63) is 42.6 Å². The normalized spacial score (nSPS) is 10.1. The Kier molecular flexibility index (Phi) is 2.44. The Labute approximate surface area is 82.6 Å². The van der Waals surface area contributed by atoms with Gasteiger partial charge in [-0.3, -0.25) is 4.98 Å². The van der Waals surface area contributed by atoms with E-state index < -0.39 is 0 Å². The van der Waals surface area contributed by atoms with Gasteiger partial charge in [-0.2, -0.15) is 0 Å². The zero-order valence-electron chi connectivity index (χ0n) is 8.01. The topological polar surface area (TPSA) is 42.7 Å². The second-order valence-corrected chi connectivity index (χ2v) is 3.00. The fourth-order valence-electron chi connectivity index (χ4n) is 1.25. The van der Waals surface area contributed by atoms with E-state index >= 15 is 0 Å². The van der Waals surface area contributed by atoms with Crippen LogP contribution in [0.5, 0.6) is 0 Å². The molecule has 2 aromatic heterocycles. The van der Waals surface area contributed by atoms with Gasteiger partial charge in [0, 0.05) is 19.4 Å². The molecule has 2 rings (SSSR count). The highest BCUT2D eigenvalue weighted by Crippen LogP contribution is 2.03. The summed E-state index contributed by atoms with van der Waals surface area (Å²) in [5, 5.41) is 2.98. The van der Waals surface area contributed by atoms with Gasteiger partial charge in [0.1, 0.15) is 5.82 Å². The highest BCUT2D eigenvalue weighted by Gasteiger charge is 1.97. The first-order chi connectivity index (χ1) is 6.88. The van der Waals surface area contributed by atoms with Crippen LogP contribution >= 0.6 is 0 Å². The van der Waals surface area contributed by atoms with E-state index in [9.17, 15) is 0 Å². The van der Waals surface area contributed by atoms with E-state index in [2.05, 4.69) is 15.3 Å². The summed E-state index contributed by atoms with van der Waals surface area (Å²) in [6, 6.07) is 5.90. The van der Waals surface area contributed by atoms with Crippen molar-refractivity contribution in [2.75, 3.05) is 12.4 Å². The van der Waals surface area contributed by atoms with Crippen LogP contribution in [0.15, 0.2) is 36.9 Å². The molecule has 0 aliphatic carbocycles. The third-order valence-electron chi connectivity index (χ3n) is 1.96. The van der Waals surface area contributed by atoms with Gasteiger partial charge < -0.3 is 9.88 Å². The lowest BCUT2D eigenvalue weighted by Crippen LogP contribution is -1.98. The quantitative estimate of drug-likeness (QED) is 0.791. The number of hydrogen-bond acceptors (Lipinski definition) is 3. The molecule has 0 unspecified atom stereocenters. The van der Waals surface area contributed by atoms with Crippen molar-refractivity contribution in [1.82, 2.24) is 14.5 Å². The molecular formula is C10H12N4. The zero-order valence-corrected chi connectivity index (χ0v) is 8.01. The van der Waals surface area contributed by atoms with Crippen molar-refractivity contribution in [2.24, 2.45) is 0 Å². The van der Waals surface area contributed by atoms with E-state index in [-0.39, 0.29) is 0 Å². The number of nitrogens with zero attached hydrogens (tertiary/aromatic N) is 3. The second-order valence-electron chi connectivity index (χ2n) is 3.00. The SMILES string of the molecule is CNc1cn(Cc2ccccn2)cn1. The standard InChI is InChI=1S/C10H12N4/c1-11-10-7-14(8-13-10)6-9-4-2-3-5-12-9/h2-5,7-8,11H,6H2,1H3. The van der Waals surface area contributed by atoms with Crippen molar-refractivity contribution in [3.63, 3.8) is 0 Å². The van der Waals surface area contributed by atoms with Gasteiger partial charge in [0.25, 0.3) is 0 Å². The number of rotatable bonds is 3. The lowest BCUT2D eigenvalue weighted by atomic mass is 10.3.